The minimum atomic E-state index is -0.459. The Bertz CT molecular complexity index is 1400. The number of benzene rings is 2. The predicted molar refractivity (Wildman–Crippen MR) is 108 cm³/mol. The van der Waals surface area contributed by atoms with Crippen LogP contribution in [-0.4, -0.2) is 15.5 Å². The third-order valence-electron chi connectivity index (χ3n) is 4.61. The number of aromatic nitrogens is 2. The molecule has 29 heavy (non-hydrogen) atoms. The van der Waals surface area contributed by atoms with Crippen molar-refractivity contribution in [3.8, 4) is 0 Å². The van der Waals surface area contributed by atoms with Gasteiger partial charge in [0.1, 0.15) is 11.0 Å². The topological polar surface area (TPSA) is 90.3 Å². The molecular formula is C22H15N3O4. The van der Waals surface area contributed by atoms with Gasteiger partial charge >= 0.3 is 5.78 Å². The molecule has 1 N–H and O–H groups in total. The van der Waals surface area contributed by atoms with E-state index in [9.17, 15) is 9.59 Å². The molecule has 3 aromatic heterocycles. The second kappa shape index (κ2) is 6.79. The van der Waals surface area contributed by atoms with Crippen molar-refractivity contribution in [2.45, 2.75) is 6.54 Å². The van der Waals surface area contributed by atoms with Crippen LogP contribution in [0.2, 0.25) is 0 Å². The summed E-state index contributed by atoms with van der Waals surface area (Å²) in [6.45, 7) is 0.638. The lowest BCUT2D eigenvalue weighted by Crippen LogP contribution is -2.11. The maximum absolute atomic E-state index is 12.7. The molecule has 0 atom stereocenters. The van der Waals surface area contributed by atoms with E-state index in [4.69, 9.17) is 8.83 Å². The van der Waals surface area contributed by atoms with Gasteiger partial charge in [-0.1, -0.05) is 24.3 Å². The van der Waals surface area contributed by atoms with Crippen LogP contribution >= 0.6 is 0 Å². The highest BCUT2D eigenvalue weighted by Crippen LogP contribution is 2.22. The fourth-order valence-corrected chi connectivity index (χ4v) is 3.24. The smallest absolute Gasteiger partial charge is 0.302 e. The van der Waals surface area contributed by atoms with E-state index in [0.717, 1.165) is 5.56 Å². The number of nitrogens with one attached hydrogen (secondary N) is 1. The standard InChI is InChI=1S/C22H15N3O4/c26-20-16-6-1-2-7-18(16)28-22-17(20)11-19(29-22)21(27)24-15-5-3-4-14(10-15)12-25-9-8-23-13-25/h1-11,13H,12H2,(H,24,27). The van der Waals surface area contributed by atoms with Crippen LogP contribution in [0.15, 0.2) is 86.9 Å². The number of nitrogens with zero attached hydrogens (tertiary/aromatic N) is 2. The molecule has 0 spiro atoms. The second-order valence-electron chi connectivity index (χ2n) is 6.63. The van der Waals surface area contributed by atoms with E-state index in [1.165, 1.54) is 6.07 Å². The molecule has 0 aliphatic carbocycles. The average molecular weight is 385 g/mol. The van der Waals surface area contributed by atoms with E-state index in [-0.39, 0.29) is 22.4 Å². The first-order chi connectivity index (χ1) is 14.2. The van der Waals surface area contributed by atoms with Gasteiger partial charge in [0.05, 0.1) is 11.7 Å². The summed E-state index contributed by atoms with van der Waals surface area (Å²) in [5, 5.41) is 3.48. The summed E-state index contributed by atoms with van der Waals surface area (Å²) in [5.74, 6) is -0.413. The zero-order valence-electron chi connectivity index (χ0n) is 15.2. The number of anilines is 1. The van der Waals surface area contributed by atoms with Crippen molar-refractivity contribution in [2.24, 2.45) is 0 Å². The van der Waals surface area contributed by atoms with Gasteiger partial charge in [0.2, 0.25) is 5.43 Å². The Labute approximate surface area is 164 Å². The second-order valence-corrected chi connectivity index (χ2v) is 6.63. The van der Waals surface area contributed by atoms with Crippen LogP contribution < -0.4 is 10.7 Å². The zero-order chi connectivity index (χ0) is 19.8. The molecule has 0 radical (unpaired) electrons. The zero-order valence-corrected chi connectivity index (χ0v) is 15.2. The third kappa shape index (κ3) is 3.19. The quantitative estimate of drug-likeness (QED) is 0.504. The van der Waals surface area contributed by atoms with E-state index >= 15 is 0 Å². The van der Waals surface area contributed by atoms with E-state index < -0.39 is 5.91 Å². The van der Waals surface area contributed by atoms with Crippen molar-refractivity contribution in [1.82, 2.24) is 9.55 Å². The Kier molecular flexibility index (Phi) is 3.98. The SMILES string of the molecule is O=C(Nc1cccc(Cn2ccnc2)c1)c1cc2c(=O)c3ccccc3oc2o1. The fourth-order valence-electron chi connectivity index (χ4n) is 3.24. The lowest BCUT2D eigenvalue weighted by Gasteiger charge is -2.07. The lowest BCUT2D eigenvalue weighted by molar-refractivity contribution is 0.0997. The number of carbonyl (C=O) groups excluding carboxylic acids is 1. The summed E-state index contributed by atoms with van der Waals surface area (Å²) in [5.41, 5.74) is 1.82. The molecular weight excluding hydrogens is 370 g/mol. The molecule has 1 amide bonds. The maximum Gasteiger partial charge on any atom is 0.302 e. The summed E-state index contributed by atoms with van der Waals surface area (Å²) >= 11 is 0. The van der Waals surface area contributed by atoms with Crippen molar-refractivity contribution in [3.05, 3.63) is 94.9 Å². The summed E-state index contributed by atoms with van der Waals surface area (Å²) in [6, 6.07) is 15.8. The number of carbonyl (C=O) groups is 1. The van der Waals surface area contributed by atoms with E-state index in [0.29, 0.717) is 23.2 Å². The average Bonchev–Trinajstić information content (AvgIpc) is 3.38. The van der Waals surface area contributed by atoms with Gasteiger partial charge in [-0.2, -0.15) is 0 Å². The molecule has 5 rings (SSSR count). The molecule has 0 aliphatic rings. The summed E-state index contributed by atoms with van der Waals surface area (Å²) in [4.78, 5) is 29.3. The molecule has 3 heterocycles. The number of hydrogen-bond acceptors (Lipinski definition) is 5. The van der Waals surface area contributed by atoms with Gasteiger partial charge in [-0.05, 0) is 29.8 Å². The van der Waals surface area contributed by atoms with Crippen LogP contribution in [0.3, 0.4) is 0 Å². The summed E-state index contributed by atoms with van der Waals surface area (Å²) in [6.07, 6.45) is 5.31. The number of furan rings is 1. The molecule has 0 saturated carbocycles. The molecule has 0 bridgehead atoms. The third-order valence-corrected chi connectivity index (χ3v) is 4.61. The van der Waals surface area contributed by atoms with Crippen molar-refractivity contribution in [3.63, 3.8) is 0 Å². The molecule has 0 saturated heterocycles. The van der Waals surface area contributed by atoms with Crippen LogP contribution in [0.25, 0.3) is 22.1 Å². The molecule has 5 aromatic rings. The van der Waals surface area contributed by atoms with Crippen LogP contribution in [0.4, 0.5) is 5.69 Å². The van der Waals surface area contributed by atoms with Gasteiger partial charge in [-0.3, -0.25) is 9.59 Å². The van der Waals surface area contributed by atoms with Crippen LogP contribution in [-0.2, 0) is 6.54 Å². The highest BCUT2D eigenvalue weighted by Gasteiger charge is 2.18. The minimum absolute atomic E-state index is 0.0103. The minimum Gasteiger partial charge on any atom is -0.425 e. The van der Waals surface area contributed by atoms with Gasteiger partial charge < -0.3 is 18.7 Å². The van der Waals surface area contributed by atoms with Gasteiger partial charge in [0.25, 0.3) is 5.91 Å². The molecule has 0 aliphatic heterocycles. The van der Waals surface area contributed by atoms with Crippen LogP contribution in [0.5, 0.6) is 0 Å². The first-order valence-corrected chi connectivity index (χ1v) is 8.99. The monoisotopic (exact) mass is 385 g/mol. The van der Waals surface area contributed by atoms with E-state index in [1.807, 2.05) is 29.0 Å². The molecule has 142 valence electrons. The largest absolute Gasteiger partial charge is 0.425 e. The Morgan fingerprint density at radius 2 is 1.93 bits per heavy atom. The van der Waals surface area contributed by atoms with Crippen molar-refractivity contribution >= 4 is 33.7 Å². The van der Waals surface area contributed by atoms with Gasteiger partial charge in [0.15, 0.2) is 5.76 Å². The van der Waals surface area contributed by atoms with Crippen molar-refractivity contribution in [2.75, 3.05) is 5.32 Å². The number of fused-ring (bicyclic) bond motifs is 2. The lowest BCUT2D eigenvalue weighted by atomic mass is 10.2. The molecule has 0 fully saturated rings. The normalized spacial score (nSPS) is 11.2. The first-order valence-electron chi connectivity index (χ1n) is 8.99. The Hall–Kier alpha value is -4.13. The first kappa shape index (κ1) is 17.0. The number of imidazole rings is 1. The van der Waals surface area contributed by atoms with E-state index in [2.05, 4.69) is 10.3 Å². The van der Waals surface area contributed by atoms with Gasteiger partial charge in [0, 0.05) is 30.7 Å². The van der Waals surface area contributed by atoms with Crippen molar-refractivity contribution in [1.29, 1.82) is 0 Å². The molecule has 2 aromatic carbocycles. The summed E-state index contributed by atoms with van der Waals surface area (Å²) in [7, 11) is 0. The Morgan fingerprint density at radius 3 is 2.79 bits per heavy atom. The number of amides is 1. The number of para-hydroxylation sites is 1. The van der Waals surface area contributed by atoms with Crippen molar-refractivity contribution < 1.29 is 13.6 Å². The Morgan fingerprint density at radius 1 is 1.03 bits per heavy atom. The summed E-state index contributed by atoms with van der Waals surface area (Å²) < 4.78 is 13.1. The molecule has 7 heteroatoms. The highest BCUT2D eigenvalue weighted by atomic mass is 16.5. The number of hydrogen-bond donors (Lipinski definition) is 1. The van der Waals surface area contributed by atoms with Gasteiger partial charge in [-0.25, -0.2) is 4.98 Å². The van der Waals surface area contributed by atoms with Crippen LogP contribution in [0.1, 0.15) is 16.1 Å². The molecule has 0 unspecified atom stereocenters. The Balaban J connectivity index is 1.44. The van der Waals surface area contributed by atoms with Crippen LogP contribution in [0, 0.1) is 0 Å². The van der Waals surface area contributed by atoms with Gasteiger partial charge in [-0.15, -0.1) is 0 Å². The predicted octanol–water partition coefficient (Wildman–Crippen LogP) is 4.04. The van der Waals surface area contributed by atoms with E-state index in [1.54, 1.807) is 42.9 Å². The fraction of sp³-hybridized carbons (Fsp3) is 0.0455. The highest BCUT2D eigenvalue weighted by molar-refractivity contribution is 6.04. The number of rotatable bonds is 4. The molecule has 7 nitrogen and oxygen atoms in total. The maximum atomic E-state index is 12.7.